The van der Waals surface area contributed by atoms with Crippen molar-refractivity contribution in [1.82, 2.24) is 10.3 Å². The molecule has 3 N–H and O–H groups in total. The van der Waals surface area contributed by atoms with Gasteiger partial charge in [-0.2, -0.15) is 4.89 Å². The Bertz CT molecular complexity index is 982. The third-order valence-corrected chi connectivity index (χ3v) is 4.53. The maximum Gasteiger partial charge on any atom is 0.326 e. The van der Waals surface area contributed by atoms with Crippen LogP contribution in [0.1, 0.15) is 22.3 Å². The number of amides is 1. The van der Waals surface area contributed by atoms with E-state index < -0.39 is 17.9 Å². The molecule has 32 heavy (non-hydrogen) atoms. The minimum Gasteiger partial charge on any atom is -0.480 e. The Kier molecular flexibility index (Phi) is 8.59. The molecule has 8 nitrogen and oxygen atoms in total. The maximum absolute atomic E-state index is 12.3. The molecule has 1 amide bonds. The zero-order valence-electron chi connectivity index (χ0n) is 17.4. The summed E-state index contributed by atoms with van der Waals surface area (Å²) in [5.41, 5.74) is 1.16. The lowest BCUT2D eigenvalue weighted by molar-refractivity contribution is -0.206. The molecular formula is C24H25N3O5. The van der Waals surface area contributed by atoms with Crippen LogP contribution >= 0.6 is 0 Å². The van der Waals surface area contributed by atoms with Crippen molar-refractivity contribution in [1.29, 1.82) is 0 Å². The highest BCUT2D eigenvalue weighted by molar-refractivity contribution is 5.96. The first-order valence-electron chi connectivity index (χ1n) is 10.2. The van der Waals surface area contributed by atoms with Crippen LogP contribution in [-0.4, -0.2) is 41.2 Å². The molecule has 0 spiro atoms. The second-order valence-electron chi connectivity index (χ2n) is 6.98. The van der Waals surface area contributed by atoms with Crippen LogP contribution in [0.4, 0.5) is 5.82 Å². The van der Waals surface area contributed by atoms with E-state index in [1.807, 2.05) is 18.2 Å². The van der Waals surface area contributed by atoms with Crippen LogP contribution in [0.2, 0.25) is 0 Å². The van der Waals surface area contributed by atoms with Gasteiger partial charge in [-0.25, -0.2) is 9.78 Å². The van der Waals surface area contributed by atoms with Gasteiger partial charge in [-0.1, -0.05) is 36.4 Å². The number of carbonyl (C=O) groups excluding carboxylic acids is 1. The van der Waals surface area contributed by atoms with Gasteiger partial charge in [-0.3, -0.25) is 4.79 Å². The lowest BCUT2D eigenvalue weighted by Crippen LogP contribution is -2.42. The van der Waals surface area contributed by atoms with Crippen molar-refractivity contribution >= 4 is 17.7 Å². The second-order valence-corrected chi connectivity index (χ2v) is 6.98. The molecule has 0 radical (unpaired) electrons. The predicted octanol–water partition coefficient (Wildman–Crippen LogP) is 3.32. The van der Waals surface area contributed by atoms with Crippen molar-refractivity contribution in [3.63, 3.8) is 0 Å². The highest BCUT2D eigenvalue weighted by Gasteiger charge is 2.21. The van der Waals surface area contributed by atoms with Gasteiger partial charge in [0, 0.05) is 24.7 Å². The Hall–Kier alpha value is -3.91. The number of carbonyl (C=O) groups is 2. The average molecular weight is 435 g/mol. The van der Waals surface area contributed by atoms with Crippen molar-refractivity contribution in [2.75, 3.05) is 18.5 Å². The van der Waals surface area contributed by atoms with Gasteiger partial charge >= 0.3 is 5.97 Å². The topological polar surface area (TPSA) is 110 Å². The number of carboxylic acids is 1. The van der Waals surface area contributed by atoms with Gasteiger partial charge in [0.25, 0.3) is 5.91 Å². The summed E-state index contributed by atoms with van der Waals surface area (Å²) in [4.78, 5) is 38.5. The normalized spacial score (nSPS) is 11.4. The Balaban J connectivity index is 1.40. The molecule has 0 aliphatic rings. The Morgan fingerprint density at radius 1 is 0.969 bits per heavy atom. The van der Waals surface area contributed by atoms with Crippen LogP contribution in [0, 0.1) is 0 Å². The minimum atomic E-state index is -1.10. The Morgan fingerprint density at radius 2 is 1.72 bits per heavy atom. The van der Waals surface area contributed by atoms with E-state index in [1.54, 1.807) is 60.8 Å². The molecule has 1 aromatic heterocycles. The van der Waals surface area contributed by atoms with Crippen molar-refractivity contribution in [3.8, 4) is 5.75 Å². The molecular weight excluding hydrogens is 410 g/mol. The van der Waals surface area contributed by atoms with Crippen molar-refractivity contribution in [3.05, 3.63) is 90.1 Å². The Morgan fingerprint density at radius 3 is 2.41 bits per heavy atom. The third-order valence-electron chi connectivity index (χ3n) is 4.53. The smallest absolute Gasteiger partial charge is 0.326 e. The molecule has 3 rings (SSSR count). The number of aliphatic carboxylic acids is 1. The molecule has 2 aromatic carbocycles. The second kappa shape index (κ2) is 12.1. The summed E-state index contributed by atoms with van der Waals surface area (Å²) in [6.07, 6.45) is 2.60. The molecule has 0 saturated carbocycles. The van der Waals surface area contributed by atoms with Crippen LogP contribution in [0.5, 0.6) is 5.75 Å². The van der Waals surface area contributed by atoms with Gasteiger partial charge in [0.2, 0.25) is 0 Å². The summed E-state index contributed by atoms with van der Waals surface area (Å²) in [5.74, 6) is -0.212. The van der Waals surface area contributed by atoms with E-state index in [9.17, 15) is 14.7 Å². The SMILES string of the molecule is O=C(N[C@@H](Cc1ccc(OOCCCNc2ccccn2)cc1)C(=O)O)c1ccccc1. The molecule has 166 valence electrons. The molecule has 0 bridgehead atoms. The highest BCUT2D eigenvalue weighted by Crippen LogP contribution is 2.14. The van der Waals surface area contributed by atoms with E-state index in [1.165, 1.54) is 0 Å². The first kappa shape index (κ1) is 22.8. The summed E-state index contributed by atoms with van der Waals surface area (Å²) < 4.78 is 0. The van der Waals surface area contributed by atoms with E-state index in [2.05, 4.69) is 15.6 Å². The number of carboxylic acid groups (broad SMARTS) is 1. The number of rotatable bonds is 12. The van der Waals surface area contributed by atoms with Gasteiger partial charge in [0.15, 0.2) is 5.75 Å². The van der Waals surface area contributed by atoms with Crippen molar-refractivity contribution in [2.24, 2.45) is 0 Å². The van der Waals surface area contributed by atoms with E-state index in [-0.39, 0.29) is 6.42 Å². The largest absolute Gasteiger partial charge is 0.480 e. The zero-order valence-corrected chi connectivity index (χ0v) is 17.4. The molecule has 0 fully saturated rings. The molecule has 0 unspecified atom stereocenters. The summed E-state index contributed by atoms with van der Waals surface area (Å²) >= 11 is 0. The number of hydrogen-bond acceptors (Lipinski definition) is 6. The summed E-state index contributed by atoms with van der Waals surface area (Å²) in [6, 6.07) is 20.0. The van der Waals surface area contributed by atoms with Crippen molar-refractivity contribution < 1.29 is 24.5 Å². The third kappa shape index (κ3) is 7.41. The van der Waals surface area contributed by atoms with Crippen LogP contribution in [0.25, 0.3) is 0 Å². The Labute approximate surface area is 186 Å². The maximum atomic E-state index is 12.3. The molecule has 8 heteroatoms. The molecule has 0 aliphatic heterocycles. The summed E-state index contributed by atoms with van der Waals surface area (Å²) in [5, 5.41) is 15.2. The van der Waals surface area contributed by atoms with E-state index in [0.717, 1.165) is 17.8 Å². The van der Waals surface area contributed by atoms with Gasteiger partial charge in [-0.15, -0.1) is 0 Å². The lowest BCUT2D eigenvalue weighted by atomic mass is 10.1. The standard InChI is InChI=1S/C24H25N3O5/c28-23(19-7-2-1-3-8-19)27-21(24(29)30)17-18-10-12-20(13-11-18)32-31-16-6-15-26-22-9-4-5-14-25-22/h1-5,7-14,21H,6,15-17H2,(H,25,26)(H,27,28)(H,29,30)/t21-/m0/s1. The predicted molar refractivity (Wildman–Crippen MR) is 119 cm³/mol. The highest BCUT2D eigenvalue weighted by atomic mass is 17.2. The number of nitrogens with one attached hydrogen (secondary N) is 2. The fourth-order valence-corrected chi connectivity index (χ4v) is 2.87. The fraction of sp³-hybridized carbons (Fsp3) is 0.208. The van der Waals surface area contributed by atoms with Gasteiger partial charge in [0.1, 0.15) is 11.9 Å². The van der Waals surface area contributed by atoms with E-state index in [0.29, 0.717) is 24.5 Å². The zero-order chi connectivity index (χ0) is 22.6. The van der Waals surface area contributed by atoms with E-state index >= 15 is 0 Å². The first-order chi connectivity index (χ1) is 15.6. The van der Waals surface area contributed by atoms with E-state index in [4.69, 9.17) is 9.78 Å². The molecule has 1 atom stereocenters. The number of nitrogens with zero attached hydrogens (tertiary/aromatic N) is 1. The number of pyridine rings is 1. The van der Waals surface area contributed by atoms with Gasteiger partial charge < -0.3 is 20.6 Å². The quantitative estimate of drug-likeness (QED) is 0.227. The monoisotopic (exact) mass is 435 g/mol. The molecule has 0 aliphatic carbocycles. The van der Waals surface area contributed by atoms with Crippen LogP contribution in [0.3, 0.4) is 0 Å². The average Bonchev–Trinajstić information content (AvgIpc) is 2.83. The number of hydrogen-bond donors (Lipinski definition) is 3. The minimum absolute atomic E-state index is 0.147. The van der Waals surface area contributed by atoms with Gasteiger partial charge in [-0.05, 0) is 48.4 Å². The number of anilines is 1. The molecule has 1 heterocycles. The lowest BCUT2D eigenvalue weighted by Gasteiger charge is -2.15. The van der Waals surface area contributed by atoms with Crippen LogP contribution in [0.15, 0.2) is 79.0 Å². The molecule has 0 saturated heterocycles. The summed E-state index contributed by atoms with van der Waals surface area (Å²) in [6.45, 7) is 1.10. The summed E-state index contributed by atoms with van der Waals surface area (Å²) in [7, 11) is 0. The van der Waals surface area contributed by atoms with Crippen LogP contribution < -0.4 is 15.5 Å². The number of benzene rings is 2. The fourth-order valence-electron chi connectivity index (χ4n) is 2.87. The first-order valence-corrected chi connectivity index (χ1v) is 10.2. The van der Waals surface area contributed by atoms with Crippen LogP contribution in [-0.2, 0) is 16.1 Å². The van der Waals surface area contributed by atoms with Gasteiger partial charge in [0.05, 0.1) is 6.61 Å². The van der Waals surface area contributed by atoms with Crippen molar-refractivity contribution in [2.45, 2.75) is 18.9 Å². The number of aromatic nitrogens is 1. The molecule has 3 aromatic rings.